The van der Waals surface area contributed by atoms with Crippen molar-refractivity contribution < 1.29 is 0 Å². The SMILES string of the molecule is CCc1cccc(C)c1NC(C)c1cscn1. The number of aryl methyl sites for hydroxylation is 2. The van der Waals surface area contributed by atoms with Crippen LogP contribution in [0.5, 0.6) is 0 Å². The van der Waals surface area contributed by atoms with Crippen LogP contribution in [-0.2, 0) is 6.42 Å². The minimum atomic E-state index is 0.257. The highest BCUT2D eigenvalue weighted by molar-refractivity contribution is 7.07. The number of nitrogens with zero attached hydrogens (tertiary/aromatic N) is 1. The molecule has 2 aromatic rings. The van der Waals surface area contributed by atoms with Gasteiger partial charge in [0.15, 0.2) is 0 Å². The predicted octanol–water partition coefficient (Wildman–Crippen LogP) is 4.19. The van der Waals surface area contributed by atoms with E-state index < -0.39 is 0 Å². The Hall–Kier alpha value is -1.35. The Bertz CT molecular complexity index is 477. The second-order valence-electron chi connectivity index (χ2n) is 4.24. The lowest BCUT2D eigenvalue weighted by Gasteiger charge is -2.18. The second-order valence-corrected chi connectivity index (χ2v) is 4.96. The first-order valence-electron chi connectivity index (χ1n) is 5.95. The molecule has 0 saturated heterocycles. The Morgan fingerprint density at radius 1 is 1.41 bits per heavy atom. The van der Waals surface area contributed by atoms with Crippen LogP contribution in [0.15, 0.2) is 29.1 Å². The number of aromatic nitrogens is 1. The van der Waals surface area contributed by atoms with Gasteiger partial charge in [-0.1, -0.05) is 25.1 Å². The van der Waals surface area contributed by atoms with Gasteiger partial charge < -0.3 is 5.32 Å². The summed E-state index contributed by atoms with van der Waals surface area (Å²) in [6, 6.07) is 6.71. The molecular weight excluding hydrogens is 228 g/mol. The van der Waals surface area contributed by atoms with Crippen molar-refractivity contribution in [2.24, 2.45) is 0 Å². The minimum Gasteiger partial charge on any atom is -0.376 e. The van der Waals surface area contributed by atoms with Crippen molar-refractivity contribution in [1.82, 2.24) is 4.98 Å². The third kappa shape index (κ3) is 2.67. The molecule has 1 atom stereocenters. The van der Waals surface area contributed by atoms with Crippen LogP contribution in [0.1, 0.15) is 36.7 Å². The van der Waals surface area contributed by atoms with E-state index in [9.17, 15) is 0 Å². The van der Waals surface area contributed by atoms with Crippen LogP contribution in [0.2, 0.25) is 0 Å². The van der Waals surface area contributed by atoms with Crippen LogP contribution in [0, 0.1) is 6.92 Å². The summed E-state index contributed by atoms with van der Waals surface area (Å²) in [5.41, 5.74) is 6.92. The van der Waals surface area contributed by atoms with E-state index in [4.69, 9.17) is 0 Å². The molecule has 3 heteroatoms. The van der Waals surface area contributed by atoms with E-state index in [1.165, 1.54) is 16.8 Å². The molecule has 1 N–H and O–H groups in total. The normalized spacial score (nSPS) is 12.4. The monoisotopic (exact) mass is 246 g/mol. The summed E-state index contributed by atoms with van der Waals surface area (Å²) in [5.74, 6) is 0. The zero-order valence-electron chi connectivity index (χ0n) is 10.5. The smallest absolute Gasteiger partial charge is 0.0795 e. The van der Waals surface area contributed by atoms with Crippen LogP contribution < -0.4 is 5.32 Å². The fraction of sp³-hybridized carbons (Fsp3) is 0.357. The predicted molar refractivity (Wildman–Crippen MR) is 74.7 cm³/mol. The van der Waals surface area contributed by atoms with E-state index in [1.807, 2.05) is 5.51 Å². The van der Waals surface area contributed by atoms with Gasteiger partial charge in [-0.2, -0.15) is 0 Å². The summed E-state index contributed by atoms with van der Waals surface area (Å²) in [6.45, 7) is 6.49. The lowest BCUT2D eigenvalue weighted by molar-refractivity contribution is 0.844. The summed E-state index contributed by atoms with van der Waals surface area (Å²) < 4.78 is 0. The van der Waals surface area contributed by atoms with Gasteiger partial charge in [0.05, 0.1) is 17.2 Å². The lowest BCUT2D eigenvalue weighted by atomic mass is 10.0. The van der Waals surface area contributed by atoms with E-state index in [0.29, 0.717) is 0 Å². The van der Waals surface area contributed by atoms with Crippen molar-refractivity contribution in [2.45, 2.75) is 33.2 Å². The van der Waals surface area contributed by atoms with Crippen LogP contribution >= 0.6 is 11.3 Å². The second kappa shape index (κ2) is 5.32. The molecule has 0 bridgehead atoms. The first-order chi connectivity index (χ1) is 8.22. The summed E-state index contributed by atoms with van der Waals surface area (Å²) in [5, 5.41) is 5.68. The van der Waals surface area contributed by atoms with Crippen LogP contribution in [0.4, 0.5) is 5.69 Å². The van der Waals surface area contributed by atoms with E-state index in [0.717, 1.165) is 12.1 Å². The maximum Gasteiger partial charge on any atom is 0.0795 e. The zero-order valence-corrected chi connectivity index (χ0v) is 11.3. The van der Waals surface area contributed by atoms with Crippen molar-refractivity contribution >= 4 is 17.0 Å². The molecule has 0 saturated carbocycles. The van der Waals surface area contributed by atoms with Gasteiger partial charge in [0.25, 0.3) is 0 Å². The van der Waals surface area contributed by atoms with Gasteiger partial charge in [0.1, 0.15) is 0 Å². The van der Waals surface area contributed by atoms with Gasteiger partial charge in [-0.05, 0) is 31.4 Å². The molecule has 1 unspecified atom stereocenters. The van der Waals surface area contributed by atoms with Gasteiger partial charge >= 0.3 is 0 Å². The summed E-state index contributed by atoms with van der Waals surface area (Å²) in [6.07, 6.45) is 1.05. The Balaban J connectivity index is 2.24. The number of benzene rings is 1. The number of rotatable bonds is 4. The molecule has 1 aromatic carbocycles. The highest BCUT2D eigenvalue weighted by Gasteiger charge is 2.10. The van der Waals surface area contributed by atoms with Gasteiger partial charge in [0, 0.05) is 11.1 Å². The molecule has 0 aliphatic rings. The van der Waals surface area contributed by atoms with Crippen molar-refractivity contribution in [1.29, 1.82) is 0 Å². The summed E-state index contributed by atoms with van der Waals surface area (Å²) >= 11 is 1.64. The molecule has 90 valence electrons. The minimum absolute atomic E-state index is 0.257. The third-order valence-electron chi connectivity index (χ3n) is 3.00. The van der Waals surface area contributed by atoms with Crippen LogP contribution in [-0.4, -0.2) is 4.98 Å². The molecule has 0 amide bonds. The van der Waals surface area contributed by atoms with Crippen molar-refractivity contribution in [3.63, 3.8) is 0 Å². The highest BCUT2D eigenvalue weighted by Crippen LogP contribution is 2.26. The molecule has 0 aliphatic heterocycles. The van der Waals surface area contributed by atoms with Gasteiger partial charge in [-0.3, -0.25) is 0 Å². The Labute approximate surface area is 107 Å². The maximum atomic E-state index is 4.35. The Kier molecular flexibility index (Phi) is 3.79. The first kappa shape index (κ1) is 12.1. The van der Waals surface area contributed by atoms with Gasteiger partial charge in [0.2, 0.25) is 0 Å². The molecule has 0 spiro atoms. The quantitative estimate of drug-likeness (QED) is 0.875. The molecule has 17 heavy (non-hydrogen) atoms. The molecule has 2 rings (SSSR count). The molecular formula is C14H18N2S. The van der Waals surface area contributed by atoms with E-state index in [1.54, 1.807) is 11.3 Å². The third-order valence-corrected chi connectivity index (χ3v) is 3.60. The Morgan fingerprint density at radius 3 is 2.88 bits per heavy atom. The number of nitrogens with one attached hydrogen (secondary N) is 1. The summed E-state index contributed by atoms with van der Waals surface area (Å²) in [4.78, 5) is 4.35. The van der Waals surface area contributed by atoms with E-state index in [2.05, 4.69) is 54.7 Å². The summed E-state index contributed by atoms with van der Waals surface area (Å²) in [7, 11) is 0. The molecule has 0 fully saturated rings. The van der Waals surface area contributed by atoms with Crippen molar-refractivity contribution in [3.05, 3.63) is 45.9 Å². The molecule has 0 radical (unpaired) electrons. The molecule has 1 heterocycles. The topological polar surface area (TPSA) is 24.9 Å². The van der Waals surface area contributed by atoms with Gasteiger partial charge in [-0.25, -0.2) is 4.98 Å². The number of hydrogen-bond donors (Lipinski definition) is 1. The van der Waals surface area contributed by atoms with Crippen LogP contribution in [0.25, 0.3) is 0 Å². The zero-order chi connectivity index (χ0) is 12.3. The number of thiazole rings is 1. The largest absolute Gasteiger partial charge is 0.376 e. The Morgan fingerprint density at radius 2 is 2.24 bits per heavy atom. The standard InChI is InChI=1S/C14H18N2S/c1-4-12-7-5-6-10(2)14(12)16-11(3)13-8-17-9-15-13/h5-9,11,16H,4H2,1-3H3. The first-order valence-corrected chi connectivity index (χ1v) is 6.89. The average Bonchev–Trinajstić information content (AvgIpc) is 2.85. The fourth-order valence-corrected chi connectivity index (χ4v) is 2.60. The average molecular weight is 246 g/mol. The number of para-hydroxylation sites is 1. The highest BCUT2D eigenvalue weighted by atomic mass is 32.1. The van der Waals surface area contributed by atoms with Crippen molar-refractivity contribution in [3.8, 4) is 0 Å². The van der Waals surface area contributed by atoms with E-state index >= 15 is 0 Å². The molecule has 0 aliphatic carbocycles. The molecule has 1 aromatic heterocycles. The van der Waals surface area contributed by atoms with E-state index in [-0.39, 0.29) is 6.04 Å². The fourth-order valence-electron chi connectivity index (χ4n) is 1.96. The lowest BCUT2D eigenvalue weighted by Crippen LogP contribution is -2.09. The molecule has 2 nitrogen and oxygen atoms in total. The number of anilines is 1. The van der Waals surface area contributed by atoms with Crippen molar-refractivity contribution in [2.75, 3.05) is 5.32 Å². The maximum absolute atomic E-state index is 4.35. The van der Waals surface area contributed by atoms with Gasteiger partial charge in [-0.15, -0.1) is 11.3 Å². The number of hydrogen-bond acceptors (Lipinski definition) is 3. The van der Waals surface area contributed by atoms with Crippen LogP contribution in [0.3, 0.4) is 0 Å².